The van der Waals surface area contributed by atoms with Crippen molar-refractivity contribution in [3.8, 4) is 16.5 Å². The molecular formula is C21H20FN5O3S. The molecule has 0 radical (unpaired) electrons. The molecule has 1 amide bonds. The smallest absolute Gasteiger partial charge is 0.407 e. The fourth-order valence-electron chi connectivity index (χ4n) is 4.05. The van der Waals surface area contributed by atoms with Crippen LogP contribution in [-0.2, 0) is 6.42 Å². The monoisotopic (exact) mass is 441 g/mol. The van der Waals surface area contributed by atoms with E-state index in [0.717, 1.165) is 16.1 Å². The van der Waals surface area contributed by atoms with Crippen LogP contribution in [0.2, 0.25) is 0 Å². The van der Waals surface area contributed by atoms with Crippen molar-refractivity contribution in [2.45, 2.75) is 25.4 Å². The summed E-state index contributed by atoms with van der Waals surface area (Å²) in [5.74, 6) is 0.817. The van der Waals surface area contributed by atoms with Crippen LogP contribution in [0, 0.1) is 5.82 Å². The van der Waals surface area contributed by atoms with Crippen molar-refractivity contribution in [3.63, 3.8) is 0 Å². The van der Waals surface area contributed by atoms with Gasteiger partial charge in [0.1, 0.15) is 29.1 Å². The number of fused-ring (bicyclic) bond motifs is 1. The van der Waals surface area contributed by atoms with Gasteiger partial charge >= 0.3 is 6.09 Å². The zero-order valence-corrected chi connectivity index (χ0v) is 17.4. The Kier molecular flexibility index (Phi) is 5.14. The maximum Gasteiger partial charge on any atom is 0.407 e. The second-order valence-corrected chi connectivity index (χ2v) is 8.37. The van der Waals surface area contributed by atoms with E-state index in [-0.39, 0.29) is 11.9 Å². The first kappa shape index (κ1) is 19.7. The van der Waals surface area contributed by atoms with Gasteiger partial charge in [-0.25, -0.2) is 24.1 Å². The van der Waals surface area contributed by atoms with Crippen LogP contribution in [0.3, 0.4) is 0 Å². The van der Waals surface area contributed by atoms with E-state index in [4.69, 9.17) is 9.84 Å². The van der Waals surface area contributed by atoms with Crippen LogP contribution in [0.25, 0.3) is 10.6 Å². The molecule has 2 aliphatic rings. The molecule has 0 aliphatic carbocycles. The van der Waals surface area contributed by atoms with Crippen LogP contribution in [0.15, 0.2) is 36.1 Å². The molecule has 0 atom stereocenters. The first-order chi connectivity index (χ1) is 15.1. The number of aromatic nitrogens is 3. The van der Waals surface area contributed by atoms with Gasteiger partial charge in [0.05, 0.1) is 11.3 Å². The molecule has 3 aromatic rings. The lowest BCUT2D eigenvalue weighted by atomic mass is 10.1. The van der Waals surface area contributed by atoms with Crippen molar-refractivity contribution in [1.82, 2.24) is 19.9 Å². The molecule has 2 aromatic heterocycles. The Labute approximate surface area is 182 Å². The van der Waals surface area contributed by atoms with E-state index in [0.29, 0.717) is 56.3 Å². The average Bonchev–Trinajstić information content (AvgIpc) is 3.45. The van der Waals surface area contributed by atoms with Gasteiger partial charge in [-0.05, 0) is 24.6 Å². The molecule has 5 rings (SSSR count). The van der Waals surface area contributed by atoms with E-state index >= 15 is 0 Å². The number of hydrogen-bond acceptors (Lipinski definition) is 7. The van der Waals surface area contributed by atoms with E-state index < -0.39 is 6.09 Å². The Balaban J connectivity index is 1.35. The summed E-state index contributed by atoms with van der Waals surface area (Å²) in [6.07, 6.45) is 4.00. The Morgan fingerprint density at radius 3 is 2.74 bits per heavy atom. The summed E-state index contributed by atoms with van der Waals surface area (Å²) >= 11 is 1.47. The van der Waals surface area contributed by atoms with Crippen LogP contribution in [0.4, 0.5) is 20.7 Å². The Morgan fingerprint density at radius 1 is 1.19 bits per heavy atom. The third kappa shape index (κ3) is 3.78. The lowest BCUT2D eigenvalue weighted by Crippen LogP contribution is -2.41. The number of hydrogen-bond donors (Lipinski definition) is 1. The number of amides is 1. The summed E-state index contributed by atoms with van der Waals surface area (Å²) in [5.41, 5.74) is 2.06. The number of carboxylic acid groups (broad SMARTS) is 1. The second-order valence-electron chi connectivity index (χ2n) is 7.47. The molecule has 10 heteroatoms. The molecule has 0 unspecified atom stereocenters. The van der Waals surface area contributed by atoms with Gasteiger partial charge in [0.25, 0.3) is 0 Å². The maximum atomic E-state index is 15.0. The molecule has 1 fully saturated rings. The van der Waals surface area contributed by atoms with Crippen molar-refractivity contribution in [3.05, 3.63) is 47.5 Å². The highest BCUT2D eigenvalue weighted by atomic mass is 32.1. The van der Waals surface area contributed by atoms with Gasteiger partial charge in [-0.15, -0.1) is 11.3 Å². The molecule has 0 bridgehead atoms. The predicted molar refractivity (Wildman–Crippen MR) is 113 cm³/mol. The molecule has 0 saturated carbocycles. The van der Waals surface area contributed by atoms with Crippen molar-refractivity contribution in [1.29, 1.82) is 0 Å². The highest BCUT2D eigenvalue weighted by Gasteiger charge is 2.30. The summed E-state index contributed by atoms with van der Waals surface area (Å²) in [5, 5.41) is 11.7. The number of halogens is 1. The number of rotatable bonds is 4. The number of anilines is 2. The van der Waals surface area contributed by atoms with Gasteiger partial charge in [-0.2, -0.15) is 0 Å². The largest absolute Gasteiger partial charge is 0.474 e. The average molecular weight is 441 g/mol. The summed E-state index contributed by atoms with van der Waals surface area (Å²) in [6, 6.07) is 5.12. The van der Waals surface area contributed by atoms with Gasteiger partial charge < -0.3 is 19.6 Å². The van der Waals surface area contributed by atoms with E-state index in [1.165, 1.54) is 28.6 Å². The SMILES string of the molecule is O=C(O)N1CCC(Oc2ncnc3c2CCN3c2ccc(-c3nccs3)cc2F)CC1. The zero-order valence-electron chi connectivity index (χ0n) is 16.6. The first-order valence-corrected chi connectivity index (χ1v) is 10.9. The summed E-state index contributed by atoms with van der Waals surface area (Å²) in [7, 11) is 0. The fraction of sp³-hybridized carbons (Fsp3) is 0.333. The molecule has 2 aliphatic heterocycles. The highest BCUT2D eigenvalue weighted by Crippen LogP contribution is 2.39. The summed E-state index contributed by atoms with van der Waals surface area (Å²) in [4.78, 5) is 27.3. The molecule has 1 saturated heterocycles. The summed E-state index contributed by atoms with van der Waals surface area (Å²) < 4.78 is 21.1. The molecular weight excluding hydrogens is 421 g/mol. The number of likely N-dealkylation sites (tertiary alicyclic amines) is 1. The number of piperidine rings is 1. The van der Waals surface area contributed by atoms with Gasteiger partial charge in [0, 0.05) is 49.6 Å². The van der Waals surface area contributed by atoms with E-state index in [1.807, 2.05) is 16.3 Å². The quantitative estimate of drug-likeness (QED) is 0.655. The number of thiazole rings is 1. The van der Waals surface area contributed by atoms with Crippen molar-refractivity contribution in [2.75, 3.05) is 24.5 Å². The normalized spacial score (nSPS) is 16.4. The summed E-state index contributed by atoms with van der Waals surface area (Å²) in [6.45, 7) is 1.46. The molecule has 0 spiro atoms. The fourth-order valence-corrected chi connectivity index (χ4v) is 4.69. The molecule has 31 heavy (non-hydrogen) atoms. The van der Waals surface area contributed by atoms with Crippen molar-refractivity contribution < 1.29 is 19.0 Å². The minimum atomic E-state index is -0.903. The highest BCUT2D eigenvalue weighted by molar-refractivity contribution is 7.13. The Morgan fingerprint density at radius 2 is 2.03 bits per heavy atom. The van der Waals surface area contributed by atoms with Crippen LogP contribution in [0.1, 0.15) is 18.4 Å². The first-order valence-electron chi connectivity index (χ1n) is 10.1. The number of ether oxygens (including phenoxy) is 1. The van der Waals surface area contributed by atoms with Gasteiger partial charge in [-0.1, -0.05) is 0 Å². The zero-order chi connectivity index (χ0) is 21.4. The third-order valence-corrected chi connectivity index (χ3v) is 6.45. The third-order valence-electron chi connectivity index (χ3n) is 5.63. The minimum Gasteiger partial charge on any atom is -0.474 e. The lowest BCUT2D eigenvalue weighted by molar-refractivity contribution is 0.0865. The van der Waals surface area contributed by atoms with Gasteiger partial charge in [0.2, 0.25) is 5.88 Å². The van der Waals surface area contributed by atoms with Gasteiger partial charge in [-0.3, -0.25) is 0 Å². The van der Waals surface area contributed by atoms with Crippen molar-refractivity contribution >= 4 is 28.9 Å². The molecule has 1 aromatic carbocycles. The number of carbonyl (C=O) groups is 1. The number of nitrogens with zero attached hydrogens (tertiary/aromatic N) is 5. The maximum absolute atomic E-state index is 15.0. The van der Waals surface area contributed by atoms with E-state index in [2.05, 4.69) is 15.0 Å². The van der Waals surface area contributed by atoms with Crippen LogP contribution >= 0.6 is 11.3 Å². The predicted octanol–water partition coefficient (Wildman–Crippen LogP) is 3.95. The topological polar surface area (TPSA) is 91.7 Å². The molecule has 160 valence electrons. The molecule has 8 nitrogen and oxygen atoms in total. The van der Waals surface area contributed by atoms with Crippen molar-refractivity contribution in [2.24, 2.45) is 0 Å². The number of benzene rings is 1. The Bertz CT molecular complexity index is 1100. The van der Waals surface area contributed by atoms with E-state index in [1.54, 1.807) is 12.3 Å². The van der Waals surface area contributed by atoms with Crippen LogP contribution in [0.5, 0.6) is 5.88 Å². The molecule has 4 heterocycles. The van der Waals surface area contributed by atoms with Crippen LogP contribution < -0.4 is 9.64 Å². The van der Waals surface area contributed by atoms with Crippen LogP contribution in [-0.4, -0.2) is 56.8 Å². The van der Waals surface area contributed by atoms with E-state index in [9.17, 15) is 9.18 Å². The standard InChI is InChI=1S/C21H20FN5O3S/c22-16-11-13(20-23-6-10-31-20)1-2-17(16)27-9-5-15-18(27)24-12-25-19(15)30-14-3-7-26(8-4-14)21(28)29/h1-2,6,10-12,14H,3-5,7-9H2,(H,28,29). The van der Waals surface area contributed by atoms with Gasteiger partial charge in [0.15, 0.2) is 0 Å². The molecule has 1 N–H and O–H groups in total. The Hall–Kier alpha value is -3.27. The lowest BCUT2D eigenvalue weighted by Gasteiger charge is -2.30. The minimum absolute atomic E-state index is 0.0991. The second kappa shape index (κ2) is 8.10.